The summed E-state index contributed by atoms with van der Waals surface area (Å²) in [5, 5.41) is 0.799. The molecular formula is C22H17F5N2O3. The number of rotatable bonds is 4. The Labute approximate surface area is 179 Å². The second-order valence-electron chi connectivity index (χ2n) is 7.25. The monoisotopic (exact) mass is 452 g/mol. The molecule has 1 aliphatic heterocycles. The molecule has 10 heteroatoms. The van der Waals surface area contributed by atoms with E-state index in [-0.39, 0.29) is 18.0 Å². The van der Waals surface area contributed by atoms with Crippen molar-refractivity contribution >= 4 is 16.8 Å². The first-order valence-corrected chi connectivity index (χ1v) is 9.67. The molecule has 0 bridgehead atoms. The molecule has 1 atom stereocenters. The average Bonchev–Trinajstić information content (AvgIpc) is 2.74. The second kappa shape index (κ2) is 8.25. The molecule has 2 aromatic carbocycles. The van der Waals surface area contributed by atoms with Gasteiger partial charge in [0.25, 0.3) is 11.8 Å². The minimum atomic E-state index is -5.00. The van der Waals surface area contributed by atoms with Crippen LogP contribution in [0.1, 0.15) is 16.8 Å². The van der Waals surface area contributed by atoms with Crippen molar-refractivity contribution in [2.24, 2.45) is 0 Å². The lowest BCUT2D eigenvalue weighted by Gasteiger charge is -2.38. The number of halogens is 5. The van der Waals surface area contributed by atoms with E-state index < -0.39 is 43.0 Å². The lowest BCUT2D eigenvalue weighted by atomic mass is 10.0. The van der Waals surface area contributed by atoms with Gasteiger partial charge in [-0.05, 0) is 24.3 Å². The molecule has 0 radical (unpaired) electrons. The van der Waals surface area contributed by atoms with E-state index in [4.69, 9.17) is 4.74 Å². The number of fused-ring (bicyclic) bond motifs is 1. The first-order valence-electron chi connectivity index (χ1n) is 9.67. The number of para-hydroxylation sites is 2. The predicted octanol–water partition coefficient (Wildman–Crippen LogP) is 5.06. The molecule has 0 N–H and O–H groups in total. The third-order valence-electron chi connectivity index (χ3n) is 5.04. The molecule has 0 saturated carbocycles. The van der Waals surface area contributed by atoms with Crippen LogP contribution in [0.25, 0.3) is 10.9 Å². The lowest BCUT2D eigenvalue weighted by molar-refractivity contribution is -0.274. The largest absolute Gasteiger partial charge is 0.573 e. The first kappa shape index (κ1) is 21.8. The fourth-order valence-corrected chi connectivity index (χ4v) is 3.46. The van der Waals surface area contributed by atoms with Crippen molar-refractivity contribution in [1.29, 1.82) is 0 Å². The Balaban J connectivity index is 1.55. The summed E-state index contributed by atoms with van der Waals surface area (Å²) in [6, 6.07) is 15.0. The molecule has 2 heterocycles. The number of aromatic nitrogens is 1. The van der Waals surface area contributed by atoms with Gasteiger partial charge < -0.3 is 14.4 Å². The number of benzene rings is 2. The molecule has 1 aromatic heterocycles. The van der Waals surface area contributed by atoms with Gasteiger partial charge in [-0.15, -0.1) is 13.2 Å². The summed E-state index contributed by atoms with van der Waals surface area (Å²) in [7, 11) is 0. The van der Waals surface area contributed by atoms with Gasteiger partial charge in [0, 0.05) is 24.4 Å². The Morgan fingerprint density at radius 1 is 1.03 bits per heavy atom. The number of nitrogens with zero attached hydrogens (tertiary/aromatic N) is 2. The Hall–Kier alpha value is -3.43. The molecule has 168 valence electrons. The molecule has 1 aliphatic rings. The number of likely N-dealkylation sites (tertiary alicyclic amines) is 1. The van der Waals surface area contributed by atoms with E-state index in [1.165, 1.54) is 18.2 Å². The van der Waals surface area contributed by atoms with Crippen LogP contribution >= 0.6 is 0 Å². The quantitative estimate of drug-likeness (QED) is 0.520. The molecule has 1 saturated heterocycles. The summed E-state index contributed by atoms with van der Waals surface area (Å²) < 4.78 is 76.5. The predicted molar refractivity (Wildman–Crippen MR) is 105 cm³/mol. The van der Waals surface area contributed by atoms with Gasteiger partial charge in [-0.1, -0.05) is 30.3 Å². The van der Waals surface area contributed by atoms with Crippen molar-refractivity contribution in [3.05, 3.63) is 66.2 Å². The third kappa shape index (κ3) is 4.74. The van der Waals surface area contributed by atoms with Gasteiger partial charge in [0.1, 0.15) is 5.75 Å². The van der Waals surface area contributed by atoms with Crippen LogP contribution in [-0.2, 0) is 0 Å². The maximum atomic E-state index is 14.5. The molecule has 0 aliphatic carbocycles. The number of amides is 1. The van der Waals surface area contributed by atoms with Crippen LogP contribution < -0.4 is 9.47 Å². The smallest absolute Gasteiger partial charge is 0.466 e. The summed E-state index contributed by atoms with van der Waals surface area (Å²) in [4.78, 5) is 18.1. The summed E-state index contributed by atoms with van der Waals surface area (Å²) in [6.07, 6.45) is -7.43. The lowest BCUT2D eigenvalue weighted by Crippen LogP contribution is -2.55. The van der Waals surface area contributed by atoms with E-state index in [1.54, 1.807) is 18.2 Å². The van der Waals surface area contributed by atoms with Crippen LogP contribution in [0.3, 0.4) is 0 Å². The van der Waals surface area contributed by atoms with Crippen LogP contribution in [0.5, 0.6) is 11.6 Å². The van der Waals surface area contributed by atoms with Gasteiger partial charge in [-0.3, -0.25) is 4.79 Å². The van der Waals surface area contributed by atoms with Gasteiger partial charge in [-0.2, -0.15) is 0 Å². The molecule has 32 heavy (non-hydrogen) atoms. The van der Waals surface area contributed by atoms with Gasteiger partial charge in [0.15, 0.2) is 6.10 Å². The van der Waals surface area contributed by atoms with E-state index in [9.17, 15) is 26.7 Å². The SMILES string of the molecule is O=C(c1ccccc1OC(F)(F)F)N1CCC(F)(F)C(Oc2ccc3ccccc3n2)C1. The molecule has 4 rings (SSSR count). The maximum absolute atomic E-state index is 14.5. The number of alkyl halides is 5. The fourth-order valence-electron chi connectivity index (χ4n) is 3.46. The Kier molecular flexibility index (Phi) is 5.62. The van der Waals surface area contributed by atoms with Gasteiger partial charge >= 0.3 is 6.36 Å². The Morgan fingerprint density at radius 3 is 2.53 bits per heavy atom. The number of hydrogen-bond donors (Lipinski definition) is 0. The van der Waals surface area contributed by atoms with Gasteiger partial charge in [0.2, 0.25) is 5.88 Å². The number of hydrogen-bond acceptors (Lipinski definition) is 4. The molecule has 5 nitrogen and oxygen atoms in total. The summed E-state index contributed by atoms with van der Waals surface area (Å²) in [5.41, 5.74) is 0.174. The molecule has 3 aromatic rings. The zero-order valence-electron chi connectivity index (χ0n) is 16.5. The van der Waals surface area contributed by atoms with E-state index in [0.29, 0.717) is 5.52 Å². The van der Waals surface area contributed by atoms with Crippen molar-refractivity contribution < 1.29 is 36.2 Å². The minimum absolute atomic E-state index is 0.0384. The first-order chi connectivity index (χ1) is 15.1. The minimum Gasteiger partial charge on any atom is -0.466 e. The fraction of sp³-hybridized carbons (Fsp3) is 0.273. The number of pyridine rings is 1. The molecule has 1 unspecified atom stereocenters. The van der Waals surface area contributed by atoms with Gasteiger partial charge in [-0.25, -0.2) is 13.8 Å². The Morgan fingerprint density at radius 2 is 1.75 bits per heavy atom. The average molecular weight is 452 g/mol. The van der Waals surface area contributed by atoms with Crippen LogP contribution in [0.2, 0.25) is 0 Å². The van der Waals surface area contributed by atoms with E-state index in [0.717, 1.165) is 22.4 Å². The molecule has 1 fully saturated rings. The maximum Gasteiger partial charge on any atom is 0.573 e. The summed E-state index contributed by atoms with van der Waals surface area (Å²) in [6.45, 7) is -0.877. The van der Waals surface area contributed by atoms with Crippen LogP contribution in [0.15, 0.2) is 60.7 Å². The third-order valence-corrected chi connectivity index (χ3v) is 5.04. The van der Waals surface area contributed by atoms with Gasteiger partial charge in [0.05, 0.1) is 17.6 Å². The van der Waals surface area contributed by atoms with Crippen molar-refractivity contribution in [3.63, 3.8) is 0 Å². The normalized spacial score (nSPS) is 18.4. The number of carbonyl (C=O) groups excluding carboxylic acids is 1. The topological polar surface area (TPSA) is 51.7 Å². The summed E-state index contributed by atoms with van der Waals surface area (Å²) >= 11 is 0. The number of piperidine rings is 1. The highest BCUT2D eigenvalue weighted by Gasteiger charge is 2.47. The van der Waals surface area contributed by atoms with Crippen molar-refractivity contribution in [2.45, 2.75) is 24.8 Å². The standard InChI is InChI=1S/C22H17F5N2O3/c23-21(24)11-12-29(20(30)15-6-2-4-8-17(15)32-22(25,26)27)13-18(21)31-19-10-9-14-5-1-3-7-16(14)28-19/h1-10,18H,11-13H2. The number of carbonyl (C=O) groups is 1. The van der Waals surface area contributed by atoms with E-state index >= 15 is 0 Å². The summed E-state index contributed by atoms with van der Waals surface area (Å²) in [5.74, 6) is -4.86. The zero-order chi connectivity index (χ0) is 22.9. The highest BCUT2D eigenvalue weighted by Crippen LogP contribution is 2.34. The molecule has 0 spiro atoms. The molecular weight excluding hydrogens is 435 g/mol. The van der Waals surface area contributed by atoms with Crippen LogP contribution in [0.4, 0.5) is 22.0 Å². The second-order valence-corrected chi connectivity index (χ2v) is 7.25. The highest BCUT2D eigenvalue weighted by molar-refractivity contribution is 5.97. The van der Waals surface area contributed by atoms with Crippen LogP contribution in [0, 0.1) is 0 Å². The zero-order valence-corrected chi connectivity index (χ0v) is 16.5. The Bertz CT molecular complexity index is 1140. The van der Waals surface area contributed by atoms with E-state index in [1.807, 2.05) is 12.1 Å². The molecule has 1 amide bonds. The van der Waals surface area contributed by atoms with Crippen molar-refractivity contribution in [2.75, 3.05) is 13.1 Å². The van der Waals surface area contributed by atoms with Crippen molar-refractivity contribution in [1.82, 2.24) is 9.88 Å². The van der Waals surface area contributed by atoms with Crippen molar-refractivity contribution in [3.8, 4) is 11.6 Å². The number of ether oxygens (including phenoxy) is 2. The highest BCUT2D eigenvalue weighted by atomic mass is 19.4. The van der Waals surface area contributed by atoms with Crippen LogP contribution in [-0.4, -0.2) is 47.3 Å². The van der Waals surface area contributed by atoms with E-state index in [2.05, 4.69) is 9.72 Å².